The second-order valence-electron chi connectivity index (χ2n) is 7.40. The summed E-state index contributed by atoms with van der Waals surface area (Å²) in [7, 11) is 0. The third-order valence-corrected chi connectivity index (χ3v) is 5.14. The average Bonchev–Trinajstić information content (AvgIpc) is 3.05. The number of hydrogen-bond acceptors (Lipinski definition) is 3. The van der Waals surface area contributed by atoms with Crippen LogP contribution >= 0.6 is 0 Å². The van der Waals surface area contributed by atoms with Gasteiger partial charge in [-0.1, -0.05) is 12.1 Å². The Morgan fingerprint density at radius 2 is 2.00 bits per heavy atom. The second-order valence-corrected chi connectivity index (χ2v) is 7.40. The van der Waals surface area contributed by atoms with Crippen molar-refractivity contribution in [1.82, 2.24) is 15.2 Å². The summed E-state index contributed by atoms with van der Waals surface area (Å²) in [4.78, 5) is 30.4. The standard InChI is InChI=1S/C22H29N3O3/c1-4-28-19-9-7-17(8-10-19)13-23-21(26)18-6-5-11-25(14-18)22(27)20-15(2)12-16(3)24-20/h7-10,12,18,24H,4-6,11,13-14H2,1-3H3,(H,23,26). The van der Waals surface area contributed by atoms with Crippen LogP contribution in [-0.2, 0) is 11.3 Å². The summed E-state index contributed by atoms with van der Waals surface area (Å²) in [6.07, 6.45) is 1.65. The zero-order valence-electron chi connectivity index (χ0n) is 16.9. The van der Waals surface area contributed by atoms with Gasteiger partial charge in [0.05, 0.1) is 12.5 Å². The van der Waals surface area contributed by atoms with Crippen LogP contribution in [0, 0.1) is 19.8 Å². The maximum absolute atomic E-state index is 12.8. The van der Waals surface area contributed by atoms with Crippen molar-refractivity contribution in [1.29, 1.82) is 0 Å². The SMILES string of the molecule is CCOc1ccc(CNC(=O)C2CCCN(C(=O)c3[nH]c(C)cc3C)C2)cc1. The molecule has 0 radical (unpaired) electrons. The summed E-state index contributed by atoms with van der Waals surface area (Å²) in [6.45, 7) is 8.09. The molecular weight excluding hydrogens is 354 g/mol. The number of ether oxygens (including phenoxy) is 1. The molecule has 28 heavy (non-hydrogen) atoms. The molecule has 150 valence electrons. The number of benzene rings is 1. The Bertz CT molecular complexity index is 826. The number of nitrogens with one attached hydrogen (secondary N) is 2. The number of piperidine rings is 1. The van der Waals surface area contributed by atoms with Gasteiger partial charge in [-0.15, -0.1) is 0 Å². The summed E-state index contributed by atoms with van der Waals surface area (Å²) in [5.74, 6) is 0.644. The molecule has 0 aliphatic carbocycles. The summed E-state index contributed by atoms with van der Waals surface area (Å²) in [5.41, 5.74) is 3.58. The fourth-order valence-electron chi connectivity index (χ4n) is 3.69. The monoisotopic (exact) mass is 383 g/mol. The number of aryl methyl sites for hydroxylation is 2. The minimum atomic E-state index is -0.170. The number of hydrogen-bond donors (Lipinski definition) is 2. The Labute approximate surface area is 166 Å². The first kappa shape index (κ1) is 20.0. The molecule has 1 saturated heterocycles. The molecular formula is C22H29N3O3. The van der Waals surface area contributed by atoms with Crippen LogP contribution in [0.3, 0.4) is 0 Å². The quantitative estimate of drug-likeness (QED) is 0.804. The lowest BCUT2D eigenvalue weighted by Crippen LogP contribution is -2.45. The van der Waals surface area contributed by atoms with E-state index in [9.17, 15) is 9.59 Å². The summed E-state index contributed by atoms with van der Waals surface area (Å²) < 4.78 is 5.43. The van der Waals surface area contributed by atoms with E-state index in [2.05, 4.69) is 10.3 Å². The number of aromatic nitrogens is 1. The van der Waals surface area contributed by atoms with Crippen LogP contribution in [0.2, 0.25) is 0 Å². The second kappa shape index (κ2) is 8.95. The maximum Gasteiger partial charge on any atom is 0.270 e. The van der Waals surface area contributed by atoms with E-state index >= 15 is 0 Å². The van der Waals surface area contributed by atoms with Gasteiger partial charge in [-0.3, -0.25) is 9.59 Å². The number of H-pyrrole nitrogens is 1. The fourth-order valence-corrected chi connectivity index (χ4v) is 3.69. The highest BCUT2D eigenvalue weighted by Crippen LogP contribution is 2.20. The molecule has 2 heterocycles. The Balaban J connectivity index is 1.55. The Morgan fingerprint density at radius 1 is 1.25 bits per heavy atom. The van der Waals surface area contributed by atoms with Crippen molar-refractivity contribution < 1.29 is 14.3 Å². The van der Waals surface area contributed by atoms with Gasteiger partial charge in [-0.25, -0.2) is 0 Å². The van der Waals surface area contributed by atoms with Crippen LogP contribution < -0.4 is 10.1 Å². The molecule has 0 spiro atoms. The highest BCUT2D eigenvalue weighted by molar-refractivity contribution is 5.94. The lowest BCUT2D eigenvalue weighted by Gasteiger charge is -2.32. The lowest BCUT2D eigenvalue weighted by atomic mass is 9.96. The first-order valence-corrected chi connectivity index (χ1v) is 9.93. The highest BCUT2D eigenvalue weighted by atomic mass is 16.5. The molecule has 1 aromatic carbocycles. The first-order valence-electron chi connectivity index (χ1n) is 9.93. The highest BCUT2D eigenvalue weighted by Gasteiger charge is 2.29. The van der Waals surface area contributed by atoms with Crippen molar-refractivity contribution in [3.05, 3.63) is 52.8 Å². The normalized spacial score (nSPS) is 16.7. The summed E-state index contributed by atoms with van der Waals surface area (Å²) >= 11 is 0. The average molecular weight is 383 g/mol. The van der Waals surface area contributed by atoms with Crippen molar-refractivity contribution in [2.45, 2.75) is 40.2 Å². The van der Waals surface area contributed by atoms with Gasteiger partial charge < -0.3 is 19.9 Å². The lowest BCUT2D eigenvalue weighted by molar-refractivity contribution is -0.126. The molecule has 1 unspecified atom stereocenters. The van der Waals surface area contributed by atoms with Gasteiger partial charge in [0.25, 0.3) is 5.91 Å². The Morgan fingerprint density at radius 3 is 2.64 bits per heavy atom. The fraction of sp³-hybridized carbons (Fsp3) is 0.455. The van der Waals surface area contributed by atoms with E-state index in [-0.39, 0.29) is 17.7 Å². The van der Waals surface area contributed by atoms with Crippen LogP contribution in [0.15, 0.2) is 30.3 Å². The number of carbonyl (C=O) groups is 2. The van der Waals surface area contributed by atoms with Crippen LogP contribution in [0.1, 0.15) is 47.1 Å². The predicted molar refractivity (Wildman–Crippen MR) is 108 cm³/mol. The van der Waals surface area contributed by atoms with Gasteiger partial charge in [0.1, 0.15) is 11.4 Å². The van der Waals surface area contributed by atoms with Crippen LogP contribution in [0.5, 0.6) is 5.75 Å². The largest absolute Gasteiger partial charge is 0.494 e. The van der Waals surface area contributed by atoms with Crippen molar-refractivity contribution in [2.24, 2.45) is 5.92 Å². The molecule has 1 aliphatic rings. The van der Waals surface area contributed by atoms with Gasteiger partial charge >= 0.3 is 0 Å². The molecule has 6 nitrogen and oxygen atoms in total. The van der Waals surface area contributed by atoms with Crippen molar-refractivity contribution in [2.75, 3.05) is 19.7 Å². The van der Waals surface area contributed by atoms with Crippen LogP contribution in [0.4, 0.5) is 0 Å². The van der Waals surface area contributed by atoms with Gasteiger partial charge in [-0.2, -0.15) is 0 Å². The van der Waals surface area contributed by atoms with Crippen LogP contribution in [0.25, 0.3) is 0 Å². The van der Waals surface area contributed by atoms with E-state index in [0.717, 1.165) is 35.4 Å². The van der Waals surface area contributed by atoms with E-state index in [0.29, 0.717) is 31.9 Å². The zero-order chi connectivity index (χ0) is 20.1. The molecule has 2 amide bonds. The third-order valence-electron chi connectivity index (χ3n) is 5.14. The van der Waals surface area contributed by atoms with Crippen LogP contribution in [-0.4, -0.2) is 41.4 Å². The molecule has 1 atom stereocenters. The van der Waals surface area contributed by atoms with E-state index < -0.39 is 0 Å². The molecule has 1 fully saturated rings. The number of aromatic amines is 1. The van der Waals surface area contributed by atoms with Gasteiger partial charge in [0, 0.05) is 25.3 Å². The minimum absolute atomic E-state index is 0.00535. The molecule has 1 aliphatic heterocycles. The number of rotatable bonds is 6. The molecule has 3 rings (SSSR count). The molecule has 0 bridgehead atoms. The number of nitrogens with zero attached hydrogens (tertiary/aromatic N) is 1. The number of carbonyl (C=O) groups excluding carboxylic acids is 2. The molecule has 2 aromatic rings. The Hall–Kier alpha value is -2.76. The summed E-state index contributed by atoms with van der Waals surface area (Å²) in [5, 5.41) is 3.01. The van der Waals surface area contributed by atoms with Gasteiger partial charge in [-0.05, 0) is 62.9 Å². The van der Waals surface area contributed by atoms with E-state index in [1.165, 1.54) is 0 Å². The topological polar surface area (TPSA) is 74.4 Å². The van der Waals surface area contributed by atoms with Crippen molar-refractivity contribution >= 4 is 11.8 Å². The third kappa shape index (κ3) is 4.74. The zero-order valence-corrected chi connectivity index (χ0v) is 16.9. The van der Waals surface area contributed by atoms with E-state index in [4.69, 9.17) is 4.74 Å². The molecule has 1 aromatic heterocycles. The number of amides is 2. The van der Waals surface area contributed by atoms with Gasteiger partial charge in [0.15, 0.2) is 0 Å². The number of likely N-dealkylation sites (tertiary alicyclic amines) is 1. The molecule has 6 heteroatoms. The molecule has 2 N–H and O–H groups in total. The predicted octanol–water partition coefficient (Wildman–Crippen LogP) is 3.20. The molecule has 0 saturated carbocycles. The van der Waals surface area contributed by atoms with Gasteiger partial charge in [0.2, 0.25) is 5.91 Å². The smallest absolute Gasteiger partial charge is 0.270 e. The van der Waals surface area contributed by atoms with E-state index in [1.807, 2.05) is 51.1 Å². The summed E-state index contributed by atoms with van der Waals surface area (Å²) in [6, 6.07) is 9.70. The van der Waals surface area contributed by atoms with Crippen molar-refractivity contribution in [3.63, 3.8) is 0 Å². The minimum Gasteiger partial charge on any atom is -0.494 e. The first-order chi connectivity index (χ1) is 13.5. The Kier molecular flexibility index (Phi) is 6.39. The van der Waals surface area contributed by atoms with E-state index in [1.54, 1.807) is 4.90 Å². The van der Waals surface area contributed by atoms with Crippen molar-refractivity contribution in [3.8, 4) is 5.75 Å². The maximum atomic E-state index is 12.8.